The zero-order chi connectivity index (χ0) is 14.8. The maximum absolute atomic E-state index is 12.1. The van der Waals surface area contributed by atoms with Crippen molar-refractivity contribution in [1.82, 2.24) is 5.32 Å². The molecule has 2 aliphatic rings. The summed E-state index contributed by atoms with van der Waals surface area (Å²) in [6.07, 6.45) is 5.80. The highest BCUT2D eigenvalue weighted by Gasteiger charge is 2.42. The minimum Gasteiger partial charge on any atom is -0.393 e. The van der Waals surface area contributed by atoms with Gasteiger partial charge >= 0.3 is 0 Å². The van der Waals surface area contributed by atoms with Crippen molar-refractivity contribution in [2.45, 2.75) is 76.2 Å². The van der Waals surface area contributed by atoms with Crippen LogP contribution in [-0.2, 0) is 4.79 Å². The van der Waals surface area contributed by atoms with Crippen LogP contribution in [0.4, 0.5) is 0 Å². The van der Waals surface area contributed by atoms with Crippen LogP contribution in [0.5, 0.6) is 0 Å². The Kier molecular flexibility index (Phi) is 5.13. The molecule has 0 spiro atoms. The summed E-state index contributed by atoms with van der Waals surface area (Å²) in [6.45, 7) is 5.94. The van der Waals surface area contributed by atoms with Crippen LogP contribution in [0.1, 0.15) is 59.3 Å². The highest BCUT2D eigenvalue weighted by Crippen LogP contribution is 2.38. The first-order valence-electron chi connectivity index (χ1n) is 7.71. The summed E-state index contributed by atoms with van der Waals surface area (Å²) in [5.74, 6) is 0.547. The molecule has 0 aromatic heterocycles. The normalized spacial score (nSPS) is 37.4. The summed E-state index contributed by atoms with van der Waals surface area (Å²) in [4.78, 5) is 16.9. The monoisotopic (exact) mass is 298 g/mol. The van der Waals surface area contributed by atoms with Gasteiger partial charge in [-0.3, -0.25) is 9.79 Å². The van der Waals surface area contributed by atoms with Gasteiger partial charge in [-0.25, -0.2) is 0 Å². The molecular weight excluding hydrogens is 272 g/mol. The van der Waals surface area contributed by atoms with Gasteiger partial charge in [0.15, 0.2) is 5.17 Å². The van der Waals surface area contributed by atoms with Gasteiger partial charge in [0, 0.05) is 0 Å². The van der Waals surface area contributed by atoms with Crippen LogP contribution >= 0.6 is 11.8 Å². The Morgan fingerprint density at radius 2 is 2.30 bits per heavy atom. The third-order valence-electron chi connectivity index (χ3n) is 4.30. The van der Waals surface area contributed by atoms with Crippen LogP contribution in [0.2, 0.25) is 0 Å². The van der Waals surface area contributed by atoms with Crippen molar-refractivity contribution in [3.05, 3.63) is 0 Å². The number of nitrogens with zero attached hydrogens (tertiary/aromatic N) is 1. The first kappa shape index (κ1) is 15.8. The summed E-state index contributed by atoms with van der Waals surface area (Å²) in [5.41, 5.74) is 0. The number of amidine groups is 1. The number of aliphatic hydroxyl groups excluding tert-OH is 1. The number of rotatable bonds is 5. The smallest absolute Gasteiger partial charge is 0.242 e. The van der Waals surface area contributed by atoms with E-state index in [-0.39, 0.29) is 22.8 Å². The van der Waals surface area contributed by atoms with Crippen molar-refractivity contribution < 1.29 is 9.90 Å². The van der Waals surface area contributed by atoms with Gasteiger partial charge in [0.2, 0.25) is 5.91 Å². The average Bonchev–Trinajstić information content (AvgIpc) is 2.86. The van der Waals surface area contributed by atoms with E-state index in [1.54, 1.807) is 11.8 Å². The molecule has 4 atom stereocenters. The molecule has 20 heavy (non-hydrogen) atoms. The molecular formula is C15H26N2O2S. The standard InChI is InChI=1S/C15H26N2O2S/c1-4-8-15(3)13(19)17-14(20-15)16-12-7-5-6-11(12)9-10(2)18/h10-12,18H,4-9H2,1-3H3,(H,16,17,19)/t10-,11-,12+,15-/m1/s1. The third-order valence-corrected chi connectivity index (χ3v) is 5.54. The van der Waals surface area contributed by atoms with Gasteiger partial charge in [-0.1, -0.05) is 31.5 Å². The van der Waals surface area contributed by atoms with E-state index in [4.69, 9.17) is 4.99 Å². The number of aliphatic hydroxyl groups is 1. The second kappa shape index (κ2) is 6.48. The van der Waals surface area contributed by atoms with Crippen molar-refractivity contribution in [2.24, 2.45) is 10.9 Å². The Labute approximate surface area is 125 Å². The lowest BCUT2D eigenvalue weighted by atomic mass is 9.97. The number of carbonyl (C=O) groups is 1. The third kappa shape index (κ3) is 3.55. The van der Waals surface area contributed by atoms with E-state index in [1.165, 1.54) is 6.42 Å². The number of aliphatic imine (C=N–C) groups is 1. The van der Waals surface area contributed by atoms with Crippen LogP contribution in [0.15, 0.2) is 4.99 Å². The molecule has 1 saturated carbocycles. The van der Waals surface area contributed by atoms with Crippen molar-refractivity contribution in [2.75, 3.05) is 0 Å². The lowest BCUT2D eigenvalue weighted by Gasteiger charge is -2.18. The largest absolute Gasteiger partial charge is 0.393 e. The van der Waals surface area contributed by atoms with Gasteiger partial charge < -0.3 is 10.4 Å². The lowest BCUT2D eigenvalue weighted by molar-refractivity contribution is -0.121. The quantitative estimate of drug-likeness (QED) is 0.820. The minimum atomic E-state index is -0.355. The molecule has 2 rings (SSSR count). The summed E-state index contributed by atoms with van der Waals surface area (Å²) in [7, 11) is 0. The molecule has 1 aliphatic heterocycles. The van der Waals surface area contributed by atoms with E-state index in [0.717, 1.165) is 37.3 Å². The van der Waals surface area contributed by atoms with Gasteiger partial charge in [-0.15, -0.1) is 0 Å². The van der Waals surface area contributed by atoms with Gasteiger partial charge in [0.1, 0.15) is 0 Å². The summed E-state index contributed by atoms with van der Waals surface area (Å²) >= 11 is 1.58. The molecule has 2 fully saturated rings. The Balaban J connectivity index is 2.03. The van der Waals surface area contributed by atoms with Crippen LogP contribution < -0.4 is 5.32 Å². The predicted octanol–water partition coefficient (Wildman–Crippen LogP) is 2.70. The van der Waals surface area contributed by atoms with E-state index in [0.29, 0.717) is 5.92 Å². The average molecular weight is 298 g/mol. The zero-order valence-corrected chi connectivity index (χ0v) is 13.5. The fourth-order valence-electron chi connectivity index (χ4n) is 3.27. The van der Waals surface area contributed by atoms with Gasteiger partial charge in [-0.05, 0) is 45.4 Å². The molecule has 0 bridgehead atoms. The van der Waals surface area contributed by atoms with Crippen molar-refractivity contribution in [3.8, 4) is 0 Å². The van der Waals surface area contributed by atoms with Crippen LogP contribution in [-0.4, -0.2) is 33.1 Å². The summed E-state index contributed by atoms with van der Waals surface area (Å²) in [6, 6.07) is 0.261. The molecule has 1 saturated heterocycles. The number of thioether (sulfide) groups is 1. The lowest BCUT2D eigenvalue weighted by Crippen LogP contribution is -2.33. The number of hydrogen-bond donors (Lipinski definition) is 2. The Morgan fingerprint density at radius 3 is 2.95 bits per heavy atom. The van der Waals surface area contributed by atoms with Crippen LogP contribution in [0.25, 0.3) is 0 Å². The molecule has 5 heteroatoms. The zero-order valence-electron chi connectivity index (χ0n) is 12.7. The number of nitrogens with one attached hydrogen (secondary N) is 1. The highest BCUT2D eigenvalue weighted by atomic mass is 32.2. The van der Waals surface area contributed by atoms with Gasteiger partial charge in [0.05, 0.1) is 16.9 Å². The molecule has 0 radical (unpaired) electrons. The SMILES string of the molecule is CCC[C@@]1(C)SC(=N[C@H]2CCC[C@@H]2C[C@@H](C)O)NC1=O. The molecule has 2 N–H and O–H groups in total. The van der Waals surface area contributed by atoms with Crippen LogP contribution in [0, 0.1) is 5.92 Å². The molecule has 1 amide bonds. The van der Waals surface area contributed by atoms with E-state index in [9.17, 15) is 9.90 Å². The Hall–Kier alpha value is -0.550. The molecule has 114 valence electrons. The molecule has 4 nitrogen and oxygen atoms in total. The number of hydrogen-bond acceptors (Lipinski definition) is 4. The van der Waals surface area contributed by atoms with Crippen LogP contribution in [0.3, 0.4) is 0 Å². The molecule has 1 heterocycles. The van der Waals surface area contributed by atoms with Gasteiger partial charge in [-0.2, -0.15) is 0 Å². The van der Waals surface area contributed by atoms with E-state index in [2.05, 4.69) is 12.2 Å². The van der Waals surface area contributed by atoms with E-state index < -0.39 is 0 Å². The fourth-order valence-corrected chi connectivity index (χ4v) is 4.47. The molecule has 0 aromatic carbocycles. The predicted molar refractivity (Wildman–Crippen MR) is 83.9 cm³/mol. The molecule has 0 aromatic rings. The summed E-state index contributed by atoms with van der Waals surface area (Å²) in [5, 5.41) is 13.3. The topological polar surface area (TPSA) is 61.7 Å². The molecule has 1 aliphatic carbocycles. The Bertz CT molecular complexity index is 397. The second-order valence-electron chi connectivity index (χ2n) is 6.31. The maximum atomic E-state index is 12.1. The van der Waals surface area contributed by atoms with E-state index >= 15 is 0 Å². The maximum Gasteiger partial charge on any atom is 0.242 e. The van der Waals surface area contributed by atoms with Crippen molar-refractivity contribution in [3.63, 3.8) is 0 Å². The first-order chi connectivity index (χ1) is 9.44. The van der Waals surface area contributed by atoms with E-state index in [1.807, 2.05) is 13.8 Å². The first-order valence-corrected chi connectivity index (χ1v) is 8.52. The minimum absolute atomic E-state index is 0.0909. The van der Waals surface area contributed by atoms with Gasteiger partial charge in [0.25, 0.3) is 0 Å². The second-order valence-corrected chi connectivity index (χ2v) is 7.81. The number of amides is 1. The number of carbonyl (C=O) groups excluding carboxylic acids is 1. The highest BCUT2D eigenvalue weighted by molar-refractivity contribution is 8.16. The fraction of sp³-hybridized carbons (Fsp3) is 0.867. The summed E-state index contributed by atoms with van der Waals surface area (Å²) < 4.78 is -0.355. The molecule has 0 unspecified atom stereocenters. The Morgan fingerprint density at radius 1 is 1.55 bits per heavy atom. The van der Waals surface area contributed by atoms with Crippen molar-refractivity contribution >= 4 is 22.8 Å². The van der Waals surface area contributed by atoms with Crippen molar-refractivity contribution in [1.29, 1.82) is 0 Å².